The Bertz CT molecular complexity index is 300. The lowest BCUT2D eigenvalue weighted by Crippen LogP contribution is -2.21. The zero-order chi connectivity index (χ0) is 10.1. The van der Waals surface area contributed by atoms with Crippen molar-refractivity contribution in [3.05, 3.63) is 21.9 Å². The highest BCUT2D eigenvalue weighted by Crippen LogP contribution is 2.21. The summed E-state index contributed by atoms with van der Waals surface area (Å²) >= 11 is 1.80. The van der Waals surface area contributed by atoms with Crippen molar-refractivity contribution in [2.75, 3.05) is 13.1 Å². The Morgan fingerprint density at radius 2 is 2.36 bits per heavy atom. The molecule has 2 rings (SSSR count). The minimum absolute atomic E-state index is 0.130. The van der Waals surface area contributed by atoms with E-state index in [4.69, 9.17) is 0 Å². The van der Waals surface area contributed by atoms with E-state index in [-0.39, 0.29) is 6.10 Å². The molecule has 2 atom stereocenters. The molecule has 1 aromatic rings. The van der Waals surface area contributed by atoms with Crippen LogP contribution in [-0.4, -0.2) is 29.2 Å². The molecular formula is C11H17NOS. The van der Waals surface area contributed by atoms with E-state index < -0.39 is 0 Å². The molecule has 3 heteroatoms. The van der Waals surface area contributed by atoms with E-state index in [0.717, 1.165) is 19.6 Å². The largest absolute Gasteiger partial charge is 0.391 e. The lowest BCUT2D eigenvalue weighted by molar-refractivity contribution is 0.147. The summed E-state index contributed by atoms with van der Waals surface area (Å²) in [4.78, 5) is 3.70. The van der Waals surface area contributed by atoms with Gasteiger partial charge in [0, 0.05) is 24.5 Å². The monoisotopic (exact) mass is 211 g/mol. The topological polar surface area (TPSA) is 23.5 Å². The minimum atomic E-state index is -0.130. The standard InChI is InChI=1S/C11H17NOS/c1-8-4-12(6-11(8)13)5-10-3-9(2)14-7-10/h3,7-8,11,13H,4-6H2,1-2H3. The highest BCUT2D eigenvalue weighted by molar-refractivity contribution is 7.10. The van der Waals surface area contributed by atoms with E-state index in [1.54, 1.807) is 11.3 Å². The molecular weight excluding hydrogens is 194 g/mol. The van der Waals surface area contributed by atoms with Crippen molar-refractivity contribution in [3.63, 3.8) is 0 Å². The number of likely N-dealkylation sites (tertiary alicyclic amines) is 1. The third-order valence-electron chi connectivity index (χ3n) is 2.84. The summed E-state index contributed by atoms with van der Waals surface area (Å²) in [6.45, 7) is 7.09. The minimum Gasteiger partial charge on any atom is -0.391 e. The normalized spacial score (nSPS) is 28.5. The van der Waals surface area contributed by atoms with Gasteiger partial charge in [-0.1, -0.05) is 6.92 Å². The van der Waals surface area contributed by atoms with Crippen molar-refractivity contribution in [2.24, 2.45) is 5.92 Å². The fourth-order valence-corrected chi connectivity index (χ4v) is 2.72. The number of hydrogen-bond donors (Lipinski definition) is 1. The van der Waals surface area contributed by atoms with Crippen molar-refractivity contribution < 1.29 is 5.11 Å². The van der Waals surface area contributed by atoms with Crippen LogP contribution in [0.25, 0.3) is 0 Å². The van der Waals surface area contributed by atoms with Crippen LogP contribution in [0, 0.1) is 12.8 Å². The molecule has 0 amide bonds. The van der Waals surface area contributed by atoms with Gasteiger partial charge < -0.3 is 5.11 Å². The first-order valence-corrected chi connectivity index (χ1v) is 5.97. The first-order chi connectivity index (χ1) is 6.65. The highest BCUT2D eigenvalue weighted by atomic mass is 32.1. The van der Waals surface area contributed by atoms with E-state index in [1.807, 2.05) is 0 Å². The summed E-state index contributed by atoms with van der Waals surface area (Å²) in [5, 5.41) is 11.8. The Morgan fingerprint density at radius 1 is 1.57 bits per heavy atom. The van der Waals surface area contributed by atoms with Gasteiger partial charge in [0.1, 0.15) is 0 Å². The van der Waals surface area contributed by atoms with Gasteiger partial charge in [-0.25, -0.2) is 0 Å². The number of thiophene rings is 1. The van der Waals surface area contributed by atoms with Crippen molar-refractivity contribution in [1.82, 2.24) is 4.90 Å². The summed E-state index contributed by atoms with van der Waals surface area (Å²) < 4.78 is 0. The van der Waals surface area contributed by atoms with Crippen molar-refractivity contribution in [1.29, 1.82) is 0 Å². The fraction of sp³-hybridized carbons (Fsp3) is 0.636. The van der Waals surface area contributed by atoms with Crippen molar-refractivity contribution in [3.8, 4) is 0 Å². The first kappa shape index (κ1) is 10.1. The second-order valence-corrected chi connectivity index (χ2v) is 5.42. The molecule has 0 saturated carbocycles. The maximum absolute atomic E-state index is 9.61. The molecule has 2 nitrogen and oxygen atoms in total. The van der Waals surface area contributed by atoms with Gasteiger partial charge in [-0.05, 0) is 29.9 Å². The number of β-amino-alcohol motifs (C(OH)–C–C–N with tert-alkyl or cyclic N) is 1. The average Bonchev–Trinajstić information content (AvgIpc) is 2.62. The Hall–Kier alpha value is -0.380. The van der Waals surface area contributed by atoms with Gasteiger partial charge >= 0.3 is 0 Å². The Kier molecular flexibility index (Phi) is 2.91. The smallest absolute Gasteiger partial charge is 0.0704 e. The van der Waals surface area contributed by atoms with E-state index in [2.05, 4.69) is 30.2 Å². The molecule has 1 aliphatic heterocycles. The zero-order valence-corrected chi connectivity index (χ0v) is 9.55. The fourth-order valence-electron chi connectivity index (χ4n) is 2.02. The zero-order valence-electron chi connectivity index (χ0n) is 8.73. The van der Waals surface area contributed by atoms with Crippen LogP contribution >= 0.6 is 11.3 Å². The molecule has 14 heavy (non-hydrogen) atoms. The van der Waals surface area contributed by atoms with Crippen LogP contribution in [0.1, 0.15) is 17.4 Å². The molecule has 1 N–H and O–H groups in total. The molecule has 0 radical (unpaired) electrons. The molecule has 78 valence electrons. The second kappa shape index (κ2) is 4.01. The van der Waals surface area contributed by atoms with Crippen molar-refractivity contribution in [2.45, 2.75) is 26.5 Å². The quantitative estimate of drug-likeness (QED) is 0.807. The van der Waals surface area contributed by atoms with Gasteiger partial charge in [-0.3, -0.25) is 4.90 Å². The predicted molar refractivity (Wildman–Crippen MR) is 59.5 cm³/mol. The van der Waals surface area contributed by atoms with Crippen LogP contribution in [-0.2, 0) is 6.54 Å². The van der Waals surface area contributed by atoms with Gasteiger partial charge in [0.05, 0.1) is 6.10 Å². The molecule has 1 fully saturated rings. The molecule has 2 unspecified atom stereocenters. The summed E-state index contributed by atoms with van der Waals surface area (Å²) in [5.74, 6) is 0.426. The number of aliphatic hydroxyl groups is 1. The lowest BCUT2D eigenvalue weighted by Gasteiger charge is -2.13. The van der Waals surface area contributed by atoms with Gasteiger partial charge in [0.25, 0.3) is 0 Å². The Morgan fingerprint density at radius 3 is 2.86 bits per heavy atom. The lowest BCUT2D eigenvalue weighted by atomic mass is 10.1. The highest BCUT2D eigenvalue weighted by Gasteiger charge is 2.27. The maximum atomic E-state index is 9.61. The summed E-state index contributed by atoms with van der Waals surface area (Å²) in [6, 6.07) is 2.24. The summed E-state index contributed by atoms with van der Waals surface area (Å²) in [7, 11) is 0. The van der Waals surface area contributed by atoms with E-state index in [0.29, 0.717) is 5.92 Å². The van der Waals surface area contributed by atoms with Crippen molar-refractivity contribution >= 4 is 11.3 Å². The third kappa shape index (κ3) is 2.16. The van der Waals surface area contributed by atoms with Gasteiger partial charge in [0.15, 0.2) is 0 Å². The predicted octanol–water partition coefficient (Wildman–Crippen LogP) is 1.87. The summed E-state index contributed by atoms with van der Waals surface area (Å²) in [5.41, 5.74) is 1.38. The Labute approximate surface area is 89.2 Å². The number of rotatable bonds is 2. The molecule has 2 heterocycles. The van der Waals surface area contributed by atoms with Crippen LogP contribution in [0.5, 0.6) is 0 Å². The first-order valence-electron chi connectivity index (χ1n) is 5.09. The van der Waals surface area contributed by atoms with Crippen LogP contribution in [0.15, 0.2) is 11.4 Å². The van der Waals surface area contributed by atoms with Gasteiger partial charge in [0.2, 0.25) is 0 Å². The second-order valence-electron chi connectivity index (χ2n) is 4.30. The average molecular weight is 211 g/mol. The molecule has 0 spiro atoms. The van der Waals surface area contributed by atoms with Gasteiger partial charge in [-0.15, -0.1) is 11.3 Å². The van der Waals surface area contributed by atoms with Crippen LogP contribution in [0.4, 0.5) is 0 Å². The van der Waals surface area contributed by atoms with E-state index in [1.165, 1.54) is 10.4 Å². The third-order valence-corrected chi connectivity index (χ3v) is 3.75. The van der Waals surface area contributed by atoms with E-state index in [9.17, 15) is 5.11 Å². The van der Waals surface area contributed by atoms with Gasteiger partial charge in [-0.2, -0.15) is 0 Å². The van der Waals surface area contributed by atoms with E-state index >= 15 is 0 Å². The Balaban J connectivity index is 1.93. The molecule has 0 bridgehead atoms. The number of aryl methyl sites for hydroxylation is 1. The molecule has 1 aliphatic rings. The molecule has 1 aromatic heterocycles. The number of aliphatic hydroxyl groups excluding tert-OH is 1. The molecule has 0 aromatic carbocycles. The number of hydrogen-bond acceptors (Lipinski definition) is 3. The van der Waals surface area contributed by atoms with Crippen LogP contribution in [0.3, 0.4) is 0 Å². The van der Waals surface area contributed by atoms with Crippen LogP contribution in [0.2, 0.25) is 0 Å². The molecule has 1 saturated heterocycles. The van der Waals surface area contributed by atoms with Crippen LogP contribution < -0.4 is 0 Å². The SMILES string of the molecule is Cc1cc(CN2CC(C)C(O)C2)cs1. The summed E-state index contributed by atoms with van der Waals surface area (Å²) in [6.07, 6.45) is -0.130. The molecule has 0 aliphatic carbocycles. The maximum Gasteiger partial charge on any atom is 0.0704 e. The number of nitrogens with zero attached hydrogens (tertiary/aromatic N) is 1.